The molecule has 1 aliphatic rings. The molecule has 0 radical (unpaired) electrons. The summed E-state index contributed by atoms with van der Waals surface area (Å²) in [4.78, 5) is 15.5. The average Bonchev–Trinajstić information content (AvgIpc) is 3.34. The van der Waals surface area contributed by atoms with E-state index in [0.717, 1.165) is 34.1 Å². The van der Waals surface area contributed by atoms with E-state index in [4.69, 9.17) is 23.2 Å². The van der Waals surface area contributed by atoms with Crippen molar-refractivity contribution in [3.8, 4) is 0 Å². The van der Waals surface area contributed by atoms with E-state index in [1.807, 2.05) is 73.4 Å². The molecule has 0 aliphatic carbocycles. The van der Waals surface area contributed by atoms with Crippen molar-refractivity contribution in [1.82, 2.24) is 4.57 Å². The highest BCUT2D eigenvalue weighted by atomic mass is 79.9. The number of benzene rings is 2. The molecule has 1 N–H and O–H groups in total. The minimum Gasteiger partial charge on any atom is -1.00 e. The summed E-state index contributed by atoms with van der Waals surface area (Å²) in [5.74, 6) is 0.444. The summed E-state index contributed by atoms with van der Waals surface area (Å²) in [5, 5.41) is 10.5. The van der Waals surface area contributed by atoms with E-state index in [-0.39, 0.29) is 36.4 Å². The number of halogens is 3. The quantitative estimate of drug-likeness (QED) is 0.177. The van der Waals surface area contributed by atoms with Crippen LogP contribution >= 0.6 is 23.2 Å². The predicted molar refractivity (Wildman–Crippen MR) is 158 cm³/mol. The number of aromatic nitrogens is 2. The van der Waals surface area contributed by atoms with Gasteiger partial charge in [0.05, 0.1) is 41.0 Å². The molecule has 0 saturated heterocycles. The summed E-state index contributed by atoms with van der Waals surface area (Å²) >= 11 is 12.6. The van der Waals surface area contributed by atoms with Crippen LogP contribution in [0.15, 0.2) is 54.4 Å². The Labute approximate surface area is 260 Å². The molecule has 0 spiro atoms. The maximum Gasteiger partial charge on any atom is 0.305 e. The van der Waals surface area contributed by atoms with E-state index in [0.29, 0.717) is 36.1 Å². The maximum absolute atomic E-state index is 11.4. The standard InChI is InChI=1S/C28H32Cl2N4O5S.BrH/c1-3-31-22-12-10-20(29)18-24(22)33(15-5-6-17-40(37,38)39)26(31)8-7-9-27-32(4-2)23-13-11-21(30)19-25(23)34(27)16-14-28(35)36;/h7-13,18-19H,3-6,14-17H2,1-2H3,(H-,35,36,37,38,39);1H/p-1. The molecule has 0 atom stereocenters. The molecule has 222 valence electrons. The van der Waals surface area contributed by atoms with E-state index in [1.165, 1.54) is 0 Å². The molecular weight excluding hydrogens is 655 g/mol. The Hall–Kier alpha value is -2.57. The first-order valence-electron chi connectivity index (χ1n) is 13.1. The van der Waals surface area contributed by atoms with Crippen LogP contribution in [0.5, 0.6) is 0 Å². The zero-order valence-electron chi connectivity index (χ0n) is 22.8. The number of carbonyl (C=O) groups is 1. The van der Waals surface area contributed by atoms with Crippen molar-refractivity contribution in [2.75, 3.05) is 28.6 Å². The Balaban J connectivity index is 0.00000462. The fraction of sp³-hybridized carbons (Fsp3) is 0.357. The third kappa shape index (κ3) is 7.64. The third-order valence-electron chi connectivity index (χ3n) is 6.84. The predicted octanol–water partition coefficient (Wildman–Crippen LogP) is 2.26. The van der Waals surface area contributed by atoms with Gasteiger partial charge in [-0.2, -0.15) is 0 Å². The molecular formula is C28H32BrCl2N4O5S-. The van der Waals surface area contributed by atoms with Crippen LogP contribution in [0.4, 0.5) is 11.4 Å². The van der Waals surface area contributed by atoms with Gasteiger partial charge in [-0.25, -0.2) is 17.6 Å². The van der Waals surface area contributed by atoms with Gasteiger partial charge in [0.1, 0.15) is 5.82 Å². The highest BCUT2D eigenvalue weighted by molar-refractivity contribution is 7.85. The fourth-order valence-electron chi connectivity index (χ4n) is 5.14. The zero-order chi connectivity index (χ0) is 29.0. The van der Waals surface area contributed by atoms with Crippen LogP contribution in [0.1, 0.15) is 38.9 Å². The second kappa shape index (κ2) is 14.1. The number of anilines is 2. The number of unbranched alkanes of at least 4 members (excludes halogenated alkanes) is 1. The van der Waals surface area contributed by atoms with Crippen LogP contribution in [0.2, 0.25) is 10.0 Å². The Kier molecular flexibility index (Phi) is 11.3. The first-order chi connectivity index (χ1) is 19.0. The first kappa shape index (κ1) is 32.9. The molecule has 2 aromatic carbocycles. The topological polar surface area (TPSA) is 110 Å². The molecule has 41 heavy (non-hydrogen) atoms. The number of carboxylic acids is 1. The summed E-state index contributed by atoms with van der Waals surface area (Å²) in [7, 11) is -4.27. The van der Waals surface area contributed by atoms with Crippen LogP contribution in [-0.4, -0.2) is 47.5 Å². The number of allylic oxidation sites excluding steroid dienone is 2. The summed E-state index contributed by atoms with van der Waals surface area (Å²) in [6.45, 7) is 6.23. The SMILES string of the molecule is CCN1/C(=C\C=C/c2n(CCCCS(=O)(=O)[O-])c3cc(Cl)ccc3[n+]2CC)N(CCC(=O)O)c2cc(Cl)ccc21.[Br-]. The third-order valence-corrected chi connectivity index (χ3v) is 8.10. The molecule has 4 rings (SSSR count). The number of aryl methyl sites for hydroxylation is 2. The average molecular weight is 687 g/mol. The molecule has 0 amide bonds. The number of rotatable bonds is 12. The molecule has 0 unspecified atom stereocenters. The molecule has 13 heteroatoms. The second-order valence-electron chi connectivity index (χ2n) is 9.41. The van der Waals surface area contributed by atoms with Crippen molar-refractivity contribution in [3.05, 3.63) is 70.2 Å². The highest BCUT2D eigenvalue weighted by Gasteiger charge is 2.30. The summed E-state index contributed by atoms with van der Waals surface area (Å²) in [6.07, 6.45) is 6.60. The Bertz CT molecular complexity index is 1590. The van der Waals surface area contributed by atoms with Gasteiger partial charge >= 0.3 is 5.97 Å². The van der Waals surface area contributed by atoms with Crippen LogP contribution in [0, 0.1) is 0 Å². The van der Waals surface area contributed by atoms with Crippen LogP contribution in [-0.2, 0) is 28.0 Å². The Morgan fingerprint density at radius 1 is 1.02 bits per heavy atom. The van der Waals surface area contributed by atoms with Gasteiger partial charge in [0.25, 0.3) is 5.82 Å². The smallest absolute Gasteiger partial charge is 0.305 e. The number of carboxylic acid groups (broad SMARTS) is 1. The Morgan fingerprint density at radius 2 is 1.73 bits per heavy atom. The monoisotopic (exact) mass is 685 g/mol. The first-order valence-corrected chi connectivity index (χ1v) is 15.5. The largest absolute Gasteiger partial charge is 1.00 e. The van der Waals surface area contributed by atoms with E-state index in [2.05, 4.69) is 14.0 Å². The van der Waals surface area contributed by atoms with Crippen molar-refractivity contribution < 1.29 is 44.4 Å². The van der Waals surface area contributed by atoms with E-state index in [1.54, 1.807) is 0 Å². The van der Waals surface area contributed by atoms with Gasteiger partial charge in [0.2, 0.25) is 0 Å². The molecule has 2 heterocycles. The van der Waals surface area contributed by atoms with Crippen molar-refractivity contribution in [2.45, 2.75) is 46.2 Å². The van der Waals surface area contributed by atoms with Gasteiger partial charge in [-0.1, -0.05) is 29.3 Å². The summed E-state index contributed by atoms with van der Waals surface area (Å²) in [6, 6.07) is 11.3. The minimum atomic E-state index is -4.27. The fourth-order valence-corrected chi connectivity index (χ4v) is 6.03. The summed E-state index contributed by atoms with van der Waals surface area (Å²) < 4.78 is 37.5. The van der Waals surface area contributed by atoms with Gasteiger partial charge in [0, 0.05) is 41.0 Å². The molecule has 0 fully saturated rings. The second-order valence-corrected chi connectivity index (χ2v) is 11.8. The van der Waals surface area contributed by atoms with Crippen molar-refractivity contribution in [1.29, 1.82) is 0 Å². The van der Waals surface area contributed by atoms with E-state index < -0.39 is 21.8 Å². The molecule has 1 aromatic heterocycles. The number of fused-ring (bicyclic) bond motifs is 2. The minimum absolute atomic E-state index is 0. The van der Waals surface area contributed by atoms with Crippen molar-refractivity contribution in [2.24, 2.45) is 0 Å². The number of hydrogen-bond donors (Lipinski definition) is 1. The van der Waals surface area contributed by atoms with Gasteiger partial charge in [0.15, 0.2) is 11.0 Å². The highest BCUT2D eigenvalue weighted by Crippen LogP contribution is 2.43. The molecule has 0 saturated carbocycles. The van der Waals surface area contributed by atoms with Gasteiger partial charge in [-0.15, -0.1) is 0 Å². The molecule has 9 nitrogen and oxygen atoms in total. The van der Waals surface area contributed by atoms with Crippen LogP contribution < -0.4 is 31.3 Å². The van der Waals surface area contributed by atoms with E-state index >= 15 is 0 Å². The van der Waals surface area contributed by atoms with E-state index in [9.17, 15) is 22.9 Å². The van der Waals surface area contributed by atoms with Crippen molar-refractivity contribution >= 4 is 67.8 Å². The number of nitrogens with zero attached hydrogens (tertiary/aromatic N) is 4. The van der Waals surface area contributed by atoms with Gasteiger partial charge in [-0.05, 0) is 63.1 Å². The lowest BCUT2D eigenvalue weighted by Crippen LogP contribution is -3.00. The maximum atomic E-state index is 11.4. The molecule has 3 aromatic rings. The normalized spacial score (nSPS) is 14.3. The van der Waals surface area contributed by atoms with Crippen LogP contribution in [0.25, 0.3) is 17.1 Å². The lowest BCUT2D eigenvalue weighted by molar-refractivity contribution is -0.670. The van der Waals surface area contributed by atoms with Gasteiger partial charge in [-0.3, -0.25) is 4.79 Å². The molecule has 0 bridgehead atoms. The lowest BCUT2D eigenvalue weighted by atomic mass is 10.2. The molecule has 1 aliphatic heterocycles. The number of hydrogen-bond acceptors (Lipinski definition) is 6. The Morgan fingerprint density at radius 3 is 2.39 bits per heavy atom. The van der Waals surface area contributed by atoms with Crippen molar-refractivity contribution in [3.63, 3.8) is 0 Å². The number of aliphatic carboxylic acids is 1. The van der Waals surface area contributed by atoms with Gasteiger partial charge < -0.3 is 36.4 Å². The number of imidazole rings is 1. The summed E-state index contributed by atoms with van der Waals surface area (Å²) in [5.41, 5.74) is 3.71. The van der Waals surface area contributed by atoms with Crippen LogP contribution in [0.3, 0.4) is 0 Å². The zero-order valence-corrected chi connectivity index (χ0v) is 26.7. The lowest BCUT2D eigenvalue weighted by Gasteiger charge is -2.23.